The van der Waals surface area contributed by atoms with Gasteiger partial charge in [-0.25, -0.2) is 0 Å². The number of nitrogens with one attached hydrogen (secondary N) is 1. The summed E-state index contributed by atoms with van der Waals surface area (Å²) < 4.78 is 13.2. The smallest absolute Gasteiger partial charge is 0.263 e. The topological polar surface area (TPSA) is 72.5 Å². The average molecular weight is 439 g/mol. The summed E-state index contributed by atoms with van der Waals surface area (Å²) in [5.74, 6) is -0.509. The first-order chi connectivity index (χ1) is 14.5. The highest BCUT2D eigenvalue weighted by Gasteiger charge is 2.35. The molecule has 0 bridgehead atoms. The molecule has 4 rings (SSSR count). The number of rotatable bonds is 4. The predicted molar refractivity (Wildman–Crippen MR) is 118 cm³/mol. The van der Waals surface area contributed by atoms with E-state index in [9.17, 15) is 14.1 Å². The van der Waals surface area contributed by atoms with E-state index in [0.29, 0.717) is 44.7 Å². The lowest BCUT2D eigenvalue weighted by atomic mass is 10.1. The first-order valence-electron chi connectivity index (χ1n) is 9.49. The molecule has 1 unspecified atom stereocenters. The zero-order chi connectivity index (χ0) is 21.3. The molecule has 0 spiro atoms. The van der Waals surface area contributed by atoms with Gasteiger partial charge in [-0.1, -0.05) is 35.9 Å². The fourth-order valence-corrected chi connectivity index (χ4v) is 5.01. The Morgan fingerprint density at radius 1 is 1.07 bits per heavy atom. The molecule has 0 fully saturated rings. The van der Waals surface area contributed by atoms with Crippen molar-refractivity contribution in [2.24, 2.45) is 0 Å². The second-order valence-electron chi connectivity index (χ2n) is 6.81. The highest BCUT2D eigenvalue weighted by atomic mass is 35.5. The third-order valence-electron chi connectivity index (χ3n) is 4.93. The Hall–Kier alpha value is -2.80. The first kappa shape index (κ1) is 20.5. The van der Waals surface area contributed by atoms with Crippen LogP contribution in [0.15, 0.2) is 76.5 Å². The Balaban J connectivity index is 1.66. The summed E-state index contributed by atoms with van der Waals surface area (Å²) in [5.41, 5.74) is 2.19. The molecule has 2 amide bonds. The lowest BCUT2D eigenvalue weighted by Crippen LogP contribution is -2.31. The van der Waals surface area contributed by atoms with Gasteiger partial charge in [0, 0.05) is 34.9 Å². The van der Waals surface area contributed by atoms with Crippen LogP contribution in [0.3, 0.4) is 0 Å². The van der Waals surface area contributed by atoms with Crippen molar-refractivity contribution >= 4 is 40.3 Å². The van der Waals surface area contributed by atoms with Crippen LogP contribution in [0.1, 0.15) is 33.2 Å². The van der Waals surface area contributed by atoms with Crippen molar-refractivity contribution in [1.29, 1.82) is 0 Å². The Labute approximate surface area is 182 Å². The molecule has 1 aliphatic heterocycles. The molecule has 1 atom stereocenters. The summed E-state index contributed by atoms with van der Waals surface area (Å²) in [6.07, 6.45) is 0. The van der Waals surface area contributed by atoms with Crippen molar-refractivity contribution in [2.75, 3.05) is 11.4 Å². The van der Waals surface area contributed by atoms with Gasteiger partial charge in [0.25, 0.3) is 11.8 Å². The van der Waals surface area contributed by atoms with Gasteiger partial charge in [-0.05, 0) is 55.0 Å². The monoisotopic (exact) mass is 438 g/mol. The lowest BCUT2D eigenvalue weighted by Gasteiger charge is -2.20. The summed E-state index contributed by atoms with van der Waals surface area (Å²) in [5, 5.41) is 3.46. The van der Waals surface area contributed by atoms with E-state index in [4.69, 9.17) is 11.6 Å². The summed E-state index contributed by atoms with van der Waals surface area (Å²) in [7, 11) is 0. The van der Waals surface area contributed by atoms with Gasteiger partial charge in [-0.15, -0.1) is 0 Å². The van der Waals surface area contributed by atoms with Crippen molar-refractivity contribution in [2.45, 2.75) is 23.3 Å². The number of carbonyl (C=O) groups excluding carboxylic acids is 2. The quantitative estimate of drug-likeness (QED) is 0.613. The summed E-state index contributed by atoms with van der Waals surface area (Å²) in [6, 6.07) is 19.1. The molecule has 0 radical (unpaired) electrons. The minimum absolute atomic E-state index is 0.225. The maximum atomic E-state index is 13.2. The maximum absolute atomic E-state index is 13.2. The highest BCUT2D eigenvalue weighted by molar-refractivity contribution is 7.91. The largest absolute Gasteiger partial charge is 0.606 e. The Kier molecular flexibility index (Phi) is 5.81. The molecule has 3 aromatic rings. The molecule has 0 aromatic heterocycles. The molecule has 5 nitrogen and oxygen atoms in total. The van der Waals surface area contributed by atoms with Gasteiger partial charge >= 0.3 is 0 Å². The highest BCUT2D eigenvalue weighted by Crippen LogP contribution is 2.37. The van der Waals surface area contributed by atoms with Crippen LogP contribution in [0.4, 0.5) is 5.69 Å². The molecule has 0 saturated carbocycles. The summed E-state index contributed by atoms with van der Waals surface area (Å²) >= 11 is 4.47. The normalized spacial score (nSPS) is 15.2. The van der Waals surface area contributed by atoms with Gasteiger partial charge in [-0.2, -0.15) is 0 Å². The van der Waals surface area contributed by atoms with Gasteiger partial charge in [0.05, 0.1) is 5.56 Å². The van der Waals surface area contributed by atoms with Crippen LogP contribution < -0.4 is 10.2 Å². The average Bonchev–Trinajstić information content (AvgIpc) is 2.85. The molecule has 0 saturated heterocycles. The second-order valence-corrected chi connectivity index (χ2v) is 8.66. The second kappa shape index (κ2) is 8.52. The molecular weight excluding hydrogens is 420 g/mol. The van der Waals surface area contributed by atoms with Gasteiger partial charge < -0.3 is 14.8 Å². The Bertz CT molecular complexity index is 1130. The summed E-state index contributed by atoms with van der Waals surface area (Å²) in [4.78, 5) is 28.4. The minimum atomic E-state index is -1.52. The van der Waals surface area contributed by atoms with E-state index in [1.807, 2.05) is 19.1 Å². The van der Waals surface area contributed by atoms with Crippen molar-refractivity contribution in [3.63, 3.8) is 0 Å². The SMILES string of the molecule is CCN1C(=O)c2ccccc2[S+]([O-])c2ccc(C(=O)NCc3cccc(Cl)c3)cc21. The number of hydrogen-bond donors (Lipinski definition) is 1. The molecule has 1 aliphatic rings. The van der Waals surface area contributed by atoms with Crippen molar-refractivity contribution in [1.82, 2.24) is 5.32 Å². The van der Waals surface area contributed by atoms with Gasteiger partial charge in [0.2, 0.25) is 0 Å². The van der Waals surface area contributed by atoms with E-state index in [-0.39, 0.29) is 11.8 Å². The zero-order valence-corrected chi connectivity index (χ0v) is 17.8. The number of carbonyl (C=O) groups is 2. The molecule has 0 aliphatic carbocycles. The Morgan fingerprint density at radius 3 is 2.63 bits per heavy atom. The van der Waals surface area contributed by atoms with E-state index in [1.54, 1.807) is 59.5 Å². The predicted octanol–water partition coefficient (Wildman–Crippen LogP) is 4.42. The van der Waals surface area contributed by atoms with Gasteiger partial charge in [0.1, 0.15) is 5.69 Å². The maximum Gasteiger partial charge on any atom is 0.263 e. The molecule has 30 heavy (non-hydrogen) atoms. The van der Waals surface area contributed by atoms with Crippen LogP contribution >= 0.6 is 11.6 Å². The number of amides is 2. The van der Waals surface area contributed by atoms with Crippen molar-refractivity contribution in [3.05, 3.63) is 88.4 Å². The van der Waals surface area contributed by atoms with Crippen molar-refractivity contribution < 1.29 is 14.1 Å². The molecular formula is C23H19ClN2O3S. The standard InChI is InChI=1S/C23H19ClN2O3S/c1-2-26-19-13-16(22(27)25-14-15-6-5-7-17(24)12-15)10-11-21(19)30(29)20-9-4-3-8-18(20)23(26)28/h3-13H,2,14H2,1H3,(H,25,27). The number of anilines is 1. The van der Waals surface area contributed by atoms with Gasteiger partial charge in [-0.3, -0.25) is 9.59 Å². The zero-order valence-electron chi connectivity index (χ0n) is 16.2. The van der Waals surface area contributed by atoms with Gasteiger partial charge in [0.15, 0.2) is 9.79 Å². The lowest BCUT2D eigenvalue weighted by molar-refractivity contribution is 0.0947. The van der Waals surface area contributed by atoms with E-state index >= 15 is 0 Å². The number of hydrogen-bond acceptors (Lipinski definition) is 3. The van der Waals surface area contributed by atoms with E-state index in [1.165, 1.54) is 0 Å². The molecule has 3 aromatic carbocycles. The molecule has 1 N–H and O–H groups in total. The molecule has 1 heterocycles. The van der Waals surface area contributed by atoms with Crippen LogP contribution in [0.2, 0.25) is 5.02 Å². The molecule has 7 heteroatoms. The van der Waals surface area contributed by atoms with Crippen LogP contribution in [-0.4, -0.2) is 22.9 Å². The third kappa shape index (κ3) is 3.81. The summed E-state index contributed by atoms with van der Waals surface area (Å²) in [6.45, 7) is 2.57. The first-order valence-corrected chi connectivity index (χ1v) is 11.0. The molecule has 152 valence electrons. The van der Waals surface area contributed by atoms with Crippen molar-refractivity contribution in [3.8, 4) is 0 Å². The number of nitrogens with zero attached hydrogens (tertiary/aromatic N) is 1. The van der Waals surface area contributed by atoms with Crippen LogP contribution in [0, 0.1) is 0 Å². The van der Waals surface area contributed by atoms with Crippen LogP contribution in [-0.2, 0) is 17.7 Å². The third-order valence-corrected chi connectivity index (χ3v) is 6.67. The van der Waals surface area contributed by atoms with Crippen LogP contribution in [0.25, 0.3) is 0 Å². The van der Waals surface area contributed by atoms with E-state index < -0.39 is 11.2 Å². The number of benzene rings is 3. The number of halogens is 1. The fourth-order valence-electron chi connectivity index (χ4n) is 3.45. The van der Waals surface area contributed by atoms with E-state index in [0.717, 1.165) is 5.56 Å². The van der Waals surface area contributed by atoms with Crippen LogP contribution in [0.5, 0.6) is 0 Å². The Morgan fingerprint density at radius 2 is 1.87 bits per heavy atom. The van der Waals surface area contributed by atoms with E-state index in [2.05, 4.69) is 5.32 Å². The fraction of sp³-hybridized carbons (Fsp3) is 0.130. The number of fused-ring (bicyclic) bond motifs is 2. The minimum Gasteiger partial charge on any atom is -0.606 e.